The summed E-state index contributed by atoms with van der Waals surface area (Å²) < 4.78 is 34.7. The van der Waals surface area contributed by atoms with Crippen LogP contribution in [0.2, 0.25) is 0 Å². The number of hydrogen-bond donors (Lipinski definition) is 2. The molecule has 0 saturated heterocycles. The fourth-order valence-corrected chi connectivity index (χ4v) is 6.98. The van der Waals surface area contributed by atoms with Crippen LogP contribution < -0.4 is 9.46 Å². The molecule has 4 rings (SSSR count). The second-order valence-electron chi connectivity index (χ2n) is 9.51. The molecule has 34 heavy (non-hydrogen) atoms. The van der Waals surface area contributed by atoms with E-state index in [2.05, 4.69) is 30.7 Å². The molecular formula is C26H29NO5S2. The summed E-state index contributed by atoms with van der Waals surface area (Å²) >= 11 is 1.15. The third-order valence-corrected chi connectivity index (χ3v) is 9.42. The first kappa shape index (κ1) is 24.3. The van der Waals surface area contributed by atoms with Gasteiger partial charge in [-0.2, -0.15) is 0 Å². The number of rotatable bonds is 7. The smallest absolute Gasteiger partial charge is 0.335 e. The number of carboxylic acids is 1. The third-order valence-electron chi connectivity index (χ3n) is 6.57. The van der Waals surface area contributed by atoms with Gasteiger partial charge in [-0.15, -0.1) is 11.3 Å². The Morgan fingerprint density at radius 2 is 1.85 bits per heavy atom. The minimum atomic E-state index is -3.93. The molecule has 6 nitrogen and oxygen atoms in total. The molecule has 1 fully saturated rings. The van der Waals surface area contributed by atoms with Crippen LogP contribution in [0.25, 0.3) is 11.1 Å². The molecule has 0 spiro atoms. The predicted molar refractivity (Wildman–Crippen MR) is 136 cm³/mol. The molecule has 2 N–H and O–H groups in total. The van der Waals surface area contributed by atoms with Crippen LogP contribution in [-0.4, -0.2) is 26.6 Å². The fraction of sp³-hybridized carbons (Fsp3) is 0.346. The number of carbonyl (C=O) groups is 1. The summed E-state index contributed by atoms with van der Waals surface area (Å²) in [5.74, 6) is -0.486. The minimum Gasteiger partial charge on any atom is -0.495 e. The summed E-state index contributed by atoms with van der Waals surface area (Å²) in [4.78, 5) is 11.2. The Labute approximate surface area is 204 Å². The number of nitrogens with one attached hydrogen (secondary N) is 1. The van der Waals surface area contributed by atoms with Gasteiger partial charge in [-0.05, 0) is 77.8 Å². The van der Waals surface area contributed by atoms with Crippen molar-refractivity contribution in [1.82, 2.24) is 0 Å². The van der Waals surface area contributed by atoms with E-state index in [0.717, 1.165) is 29.7 Å². The molecule has 8 heteroatoms. The molecule has 1 saturated carbocycles. The van der Waals surface area contributed by atoms with Crippen molar-refractivity contribution in [3.8, 4) is 16.9 Å². The summed E-state index contributed by atoms with van der Waals surface area (Å²) in [5, 5.41) is 11.0. The number of benzene rings is 2. The number of carboxylic acid groups (broad SMARTS) is 1. The van der Waals surface area contributed by atoms with Crippen molar-refractivity contribution in [2.24, 2.45) is 5.41 Å². The molecule has 0 unspecified atom stereocenters. The van der Waals surface area contributed by atoms with Gasteiger partial charge in [-0.25, -0.2) is 13.2 Å². The number of anilines is 1. The van der Waals surface area contributed by atoms with Crippen LogP contribution in [-0.2, 0) is 10.0 Å². The lowest BCUT2D eigenvalue weighted by atomic mass is 9.71. The Bertz CT molecular complexity index is 1300. The van der Waals surface area contributed by atoms with E-state index in [-0.39, 0.29) is 21.2 Å². The van der Waals surface area contributed by atoms with Gasteiger partial charge >= 0.3 is 5.97 Å². The van der Waals surface area contributed by atoms with E-state index in [1.165, 1.54) is 43.7 Å². The Morgan fingerprint density at radius 1 is 1.12 bits per heavy atom. The van der Waals surface area contributed by atoms with Crippen LogP contribution in [0.15, 0.2) is 58.1 Å². The Balaban J connectivity index is 1.62. The van der Waals surface area contributed by atoms with Gasteiger partial charge in [0.1, 0.15) is 9.96 Å². The monoisotopic (exact) mass is 499 g/mol. The van der Waals surface area contributed by atoms with Gasteiger partial charge in [0.15, 0.2) is 0 Å². The molecule has 180 valence electrons. The summed E-state index contributed by atoms with van der Waals surface area (Å²) in [5.41, 5.74) is 3.36. The lowest BCUT2D eigenvalue weighted by Crippen LogP contribution is -2.20. The van der Waals surface area contributed by atoms with Gasteiger partial charge in [0.25, 0.3) is 10.0 Å². The van der Waals surface area contributed by atoms with Crippen molar-refractivity contribution in [1.29, 1.82) is 0 Å². The fourth-order valence-electron chi connectivity index (χ4n) is 4.51. The van der Waals surface area contributed by atoms with Crippen molar-refractivity contribution in [2.75, 3.05) is 11.8 Å². The lowest BCUT2D eigenvalue weighted by molar-refractivity contribution is 0.0696. The maximum Gasteiger partial charge on any atom is 0.335 e. The molecule has 1 heterocycles. The molecule has 0 amide bonds. The van der Waals surface area contributed by atoms with Gasteiger partial charge in [-0.1, -0.05) is 38.1 Å². The van der Waals surface area contributed by atoms with Crippen molar-refractivity contribution in [3.05, 3.63) is 65.0 Å². The van der Waals surface area contributed by atoms with Crippen LogP contribution in [0.5, 0.6) is 5.75 Å². The van der Waals surface area contributed by atoms with Crippen LogP contribution in [0.3, 0.4) is 0 Å². The van der Waals surface area contributed by atoms with Crippen molar-refractivity contribution < 1.29 is 23.1 Å². The normalized spacial score (nSPS) is 16.2. The van der Waals surface area contributed by atoms with Gasteiger partial charge in [0.05, 0.1) is 18.4 Å². The summed E-state index contributed by atoms with van der Waals surface area (Å²) in [6.07, 6.45) is 4.65. The Hall–Kier alpha value is -2.84. The van der Waals surface area contributed by atoms with Gasteiger partial charge in [0.2, 0.25) is 0 Å². The number of ether oxygens (including phenoxy) is 1. The van der Waals surface area contributed by atoms with E-state index in [0.29, 0.717) is 16.9 Å². The molecule has 0 bridgehead atoms. The highest BCUT2D eigenvalue weighted by Gasteiger charge is 2.28. The van der Waals surface area contributed by atoms with Crippen LogP contribution in [0.4, 0.5) is 5.69 Å². The summed E-state index contributed by atoms with van der Waals surface area (Å²) in [6, 6.07) is 14.1. The van der Waals surface area contributed by atoms with Crippen molar-refractivity contribution >= 4 is 33.0 Å². The highest BCUT2D eigenvalue weighted by Crippen LogP contribution is 2.43. The maximum absolute atomic E-state index is 13.3. The van der Waals surface area contributed by atoms with Crippen LogP contribution in [0, 0.1) is 5.41 Å². The van der Waals surface area contributed by atoms with Gasteiger partial charge in [0, 0.05) is 5.56 Å². The van der Waals surface area contributed by atoms with Gasteiger partial charge in [-0.3, -0.25) is 4.72 Å². The standard InChI is InChI=1S/C26H29NO5S2/c1-26(2)12-9-17(10-13-26)18-5-4-6-19(15-18)21-11-14-33-25(21)34(30,31)27-22-8-7-20(24(28)29)16-23(22)32-3/h4-8,11,14-17,27H,9-10,12-13H2,1-3H3,(H,28,29). The maximum atomic E-state index is 13.3. The number of sulfonamides is 1. The highest BCUT2D eigenvalue weighted by atomic mass is 32.2. The molecule has 1 aliphatic carbocycles. The molecule has 3 aromatic rings. The van der Waals surface area contributed by atoms with E-state index in [1.54, 1.807) is 5.38 Å². The molecule has 0 atom stereocenters. The first-order chi connectivity index (χ1) is 16.1. The zero-order valence-electron chi connectivity index (χ0n) is 19.5. The van der Waals surface area contributed by atoms with Crippen molar-refractivity contribution in [2.45, 2.75) is 49.7 Å². The quantitative estimate of drug-likeness (QED) is 0.382. The Morgan fingerprint density at radius 3 is 2.53 bits per heavy atom. The van der Waals surface area contributed by atoms with E-state index < -0.39 is 16.0 Å². The zero-order chi connectivity index (χ0) is 24.5. The molecule has 0 aliphatic heterocycles. The molecule has 1 aromatic heterocycles. The summed E-state index contributed by atoms with van der Waals surface area (Å²) in [7, 11) is -2.56. The van der Waals surface area contributed by atoms with Gasteiger partial charge < -0.3 is 9.84 Å². The van der Waals surface area contributed by atoms with Crippen LogP contribution >= 0.6 is 11.3 Å². The highest BCUT2D eigenvalue weighted by molar-refractivity contribution is 7.94. The molecule has 2 aromatic carbocycles. The summed E-state index contributed by atoms with van der Waals surface area (Å²) in [6.45, 7) is 4.64. The van der Waals surface area contributed by atoms with E-state index >= 15 is 0 Å². The number of thiophene rings is 1. The number of hydrogen-bond acceptors (Lipinski definition) is 5. The average molecular weight is 500 g/mol. The Kier molecular flexibility index (Phi) is 6.73. The first-order valence-electron chi connectivity index (χ1n) is 11.2. The largest absolute Gasteiger partial charge is 0.495 e. The SMILES string of the molecule is COc1cc(C(=O)O)ccc1NS(=O)(=O)c1sccc1-c1cccc(C2CCC(C)(C)CC2)c1. The second-order valence-corrected chi connectivity index (χ2v) is 12.3. The van der Waals surface area contributed by atoms with E-state index in [4.69, 9.17) is 4.74 Å². The topological polar surface area (TPSA) is 92.7 Å². The number of methoxy groups -OCH3 is 1. The first-order valence-corrected chi connectivity index (χ1v) is 13.6. The molecule has 0 radical (unpaired) electrons. The number of aromatic carboxylic acids is 1. The zero-order valence-corrected chi connectivity index (χ0v) is 21.1. The predicted octanol–water partition coefficient (Wildman–Crippen LogP) is 6.61. The van der Waals surface area contributed by atoms with Crippen LogP contribution in [0.1, 0.15) is 61.4 Å². The lowest BCUT2D eigenvalue weighted by Gasteiger charge is -2.34. The third kappa shape index (κ3) is 5.13. The minimum absolute atomic E-state index is 0.0134. The molecule has 1 aliphatic rings. The average Bonchev–Trinajstić information content (AvgIpc) is 3.30. The second kappa shape index (κ2) is 9.43. The molecular weight excluding hydrogens is 470 g/mol. The van der Waals surface area contributed by atoms with E-state index in [9.17, 15) is 18.3 Å². The van der Waals surface area contributed by atoms with Crippen molar-refractivity contribution in [3.63, 3.8) is 0 Å². The van der Waals surface area contributed by atoms with E-state index in [1.807, 2.05) is 18.2 Å².